The fourth-order valence-electron chi connectivity index (χ4n) is 1.68. The van der Waals surface area contributed by atoms with Crippen molar-refractivity contribution in [3.05, 3.63) is 0 Å². The maximum atomic E-state index is 9.23. The molecule has 8 heteroatoms. The molecule has 1 fully saturated rings. The first kappa shape index (κ1) is 19.7. The molecule has 1 heterocycles. The number of hydrogen-bond donors (Lipinski definition) is 2. The maximum absolute atomic E-state index is 9.23. The van der Waals surface area contributed by atoms with Crippen LogP contribution in [0.15, 0.2) is 0 Å². The SMILES string of the molecule is OCC(O)COCC1COCCOCCOCCOCCO1. The van der Waals surface area contributed by atoms with Crippen LogP contribution in [0.4, 0.5) is 0 Å². The van der Waals surface area contributed by atoms with E-state index >= 15 is 0 Å². The van der Waals surface area contributed by atoms with Gasteiger partial charge in [0.25, 0.3) is 0 Å². The van der Waals surface area contributed by atoms with Gasteiger partial charge in [0.1, 0.15) is 12.2 Å². The van der Waals surface area contributed by atoms with Gasteiger partial charge in [0.15, 0.2) is 0 Å². The van der Waals surface area contributed by atoms with Crippen LogP contribution in [-0.2, 0) is 28.4 Å². The van der Waals surface area contributed by atoms with Crippen LogP contribution in [0, 0.1) is 0 Å². The molecule has 1 aliphatic heterocycles. The van der Waals surface area contributed by atoms with Crippen molar-refractivity contribution in [3.63, 3.8) is 0 Å². The molecule has 0 aromatic rings. The molecule has 0 spiro atoms. The molecular formula is C14H28O8. The summed E-state index contributed by atoms with van der Waals surface area (Å²) in [7, 11) is 0. The third-order valence-corrected chi connectivity index (χ3v) is 2.83. The highest BCUT2D eigenvalue weighted by Gasteiger charge is 2.12. The van der Waals surface area contributed by atoms with E-state index in [9.17, 15) is 5.11 Å². The fraction of sp³-hybridized carbons (Fsp3) is 1.00. The van der Waals surface area contributed by atoms with Gasteiger partial charge in [-0.3, -0.25) is 0 Å². The minimum Gasteiger partial charge on any atom is -0.394 e. The summed E-state index contributed by atoms with van der Waals surface area (Å²) >= 11 is 0. The first-order valence-corrected chi connectivity index (χ1v) is 7.62. The molecule has 0 bridgehead atoms. The Balaban J connectivity index is 2.23. The van der Waals surface area contributed by atoms with Gasteiger partial charge in [-0.25, -0.2) is 0 Å². The lowest BCUT2D eigenvalue weighted by Crippen LogP contribution is -2.30. The number of ether oxygens (including phenoxy) is 6. The molecule has 0 amide bonds. The number of rotatable bonds is 5. The molecule has 2 N–H and O–H groups in total. The zero-order chi connectivity index (χ0) is 15.9. The molecule has 1 saturated heterocycles. The van der Waals surface area contributed by atoms with Crippen molar-refractivity contribution in [3.8, 4) is 0 Å². The van der Waals surface area contributed by atoms with E-state index in [2.05, 4.69) is 0 Å². The predicted octanol–water partition coefficient (Wildman–Crippen LogP) is -1.18. The van der Waals surface area contributed by atoms with Crippen LogP contribution in [0.3, 0.4) is 0 Å². The predicted molar refractivity (Wildman–Crippen MR) is 76.9 cm³/mol. The fourth-order valence-corrected chi connectivity index (χ4v) is 1.68. The zero-order valence-corrected chi connectivity index (χ0v) is 13.0. The summed E-state index contributed by atoms with van der Waals surface area (Å²) in [6.45, 7) is 4.38. The van der Waals surface area contributed by atoms with Crippen LogP contribution in [0.1, 0.15) is 0 Å². The monoisotopic (exact) mass is 324 g/mol. The van der Waals surface area contributed by atoms with Crippen molar-refractivity contribution < 1.29 is 38.6 Å². The quantitative estimate of drug-likeness (QED) is 0.653. The minimum atomic E-state index is -0.875. The standard InChI is InChI=1S/C14H28O8/c15-9-13(16)10-21-12-14-11-20-6-5-18-2-1-17-3-4-19-7-8-22-14/h13-16H,1-12H2. The smallest absolute Gasteiger partial charge is 0.104 e. The van der Waals surface area contributed by atoms with E-state index in [1.54, 1.807) is 0 Å². The molecule has 8 nitrogen and oxygen atoms in total. The van der Waals surface area contributed by atoms with Crippen molar-refractivity contribution >= 4 is 0 Å². The summed E-state index contributed by atoms with van der Waals surface area (Å²) in [6.07, 6.45) is -1.13. The molecular weight excluding hydrogens is 296 g/mol. The van der Waals surface area contributed by atoms with Crippen LogP contribution >= 0.6 is 0 Å². The second kappa shape index (κ2) is 14.3. The van der Waals surface area contributed by atoms with Gasteiger partial charge in [0, 0.05) is 0 Å². The van der Waals surface area contributed by atoms with Crippen LogP contribution in [-0.4, -0.2) is 102 Å². The lowest BCUT2D eigenvalue weighted by molar-refractivity contribution is -0.0890. The van der Waals surface area contributed by atoms with Gasteiger partial charge in [-0.2, -0.15) is 0 Å². The van der Waals surface area contributed by atoms with Gasteiger partial charge >= 0.3 is 0 Å². The van der Waals surface area contributed by atoms with Gasteiger partial charge in [0.2, 0.25) is 0 Å². The normalized spacial score (nSPS) is 25.1. The van der Waals surface area contributed by atoms with Gasteiger partial charge in [-0.15, -0.1) is 0 Å². The third-order valence-electron chi connectivity index (χ3n) is 2.83. The molecule has 0 aliphatic carbocycles. The lowest BCUT2D eigenvalue weighted by atomic mass is 10.4. The lowest BCUT2D eigenvalue weighted by Gasteiger charge is -2.19. The van der Waals surface area contributed by atoms with Crippen LogP contribution in [0.5, 0.6) is 0 Å². The van der Waals surface area contributed by atoms with Crippen LogP contribution in [0.2, 0.25) is 0 Å². The second-order valence-electron chi connectivity index (χ2n) is 4.78. The Morgan fingerprint density at radius 1 is 0.864 bits per heavy atom. The van der Waals surface area contributed by atoms with E-state index in [0.29, 0.717) is 59.5 Å². The summed E-state index contributed by atoms with van der Waals surface area (Å²) < 4.78 is 32.5. The number of aliphatic hydroxyl groups is 2. The van der Waals surface area contributed by atoms with E-state index in [1.807, 2.05) is 0 Å². The number of aliphatic hydroxyl groups excluding tert-OH is 2. The van der Waals surface area contributed by atoms with E-state index < -0.39 is 6.10 Å². The average Bonchev–Trinajstić information content (AvgIpc) is 2.54. The van der Waals surface area contributed by atoms with Gasteiger partial charge < -0.3 is 38.6 Å². The van der Waals surface area contributed by atoms with Crippen LogP contribution < -0.4 is 0 Å². The largest absolute Gasteiger partial charge is 0.394 e. The molecule has 0 aromatic carbocycles. The van der Waals surface area contributed by atoms with Gasteiger partial charge in [-0.05, 0) is 0 Å². The summed E-state index contributed by atoms with van der Waals surface area (Å²) in [5, 5.41) is 18.0. The van der Waals surface area contributed by atoms with Crippen molar-refractivity contribution in [2.75, 3.05) is 79.3 Å². The molecule has 1 aliphatic rings. The first-order valence-electron chi connectivity index (χ1n) is 7.62. The van der Waals surface area contributed by atoms with Gasteiger partial charge in [0.05, 0.1) is 79.3 Å². The molecule has 22 heavy (non-hydrogen) atoms. The van der Waals surface area contributed by atoms with Crippen molar-refractivity contribution in [1.29, 1.82) is 0 Å². The Bertz CT molecular complexity index is 225. The minimum absolute atomic E-state index is 0.0628. The molecule has 2 atom stereocenters. The maximum Gasteiger partial charge on any atom is 0.104 e. The molecule has 0 aromatic heterocycles. The topological polar surface area (TPSA) is 95.8 Å². The summed E-state index contributed by atoms with van der Waals surface area (Å²) in [5.74, 6) is 0. The Kier molecular flexibility index (Phi) is 12.8. The van der Waals surface area contributed by atoms with Crippen molar-refractivity contribution in [1.82, 2.24) is 0 Å². The second-order valence-corrected chi connectivity index (χ2v) is 4.78. The van der Waals surface area contributed by atoms with E-state index in [0.717, 1.165) is 0 Å². The zero-order valence-electron chi connectivity index (χ0n) is 13.0. The van der Waals surface area contributed by atoms with E-state index in [-0.39, 0.29) is 25.9 Å². The highest BCUT2D eigenvalue weighted by molar-refractivity contribution is 4.58. The highest BCUT2D eigenvalue weighted by atomic mass is 16.6. The van der Waals surface area contributed by atoms with Crippen molar-refractivity contribution in [2.45, 2.75) is 12.2 Å². The van der Waals surface area contributed by atoms with Gasteiger partial charge in [-0.1, -0.05) is 0 Å². The first-order chi connectivity index (χ1) is 10.8. The van der Waals surface area contributed by atoms with Crippen molar-refractivity contribution in [2.24, 2.45) is 0 Å². The summed E-state index contributed by atoms with van der Waals surface area (Å²) in [5.41, 5.74) is 0. The number of hydrogen-bond acceptors (Lipinski definition) is 8. The Labute approximate surface area is 131 Å². The molecule has 1 rings (SSSR count). The summed E-state index contributed by atoms with van der Waals surface area (Å²) in [6, 6.07) is 0. The molecule has 132 valence electrons. The highest BCUT2D eigenvalue weighted by Crippen LogP contribution is 1.98. The Hall–Kier alpha value is -0.320. The molecule has 0 radical (unpaired) electrons. The third kappa shape index (κ3) is 11.3. The van der Waals surface area contributed by atoms with E-state index in [4.69, 9.17) is 33.5 Å². The summed E-state index contributed by atoms with van der Waals surface area (Å²) in [4.78, 5) is 0. The average molecular weight is 324 g/mol. The van der Waals surface area contributed by atoms with Crippen LogP contribution in [0.25, 0.3) is 0 Å². The Morgan fingerprint density at radius 2 is 1.41 bits per heavy atom. The van der Waals surface area contributed by atoms with E-state index in [1.165, 1.54) is 0 Å². The molecule has 0 saturated carbocycles. The Morgan fingerprint density at radius 3 is 2.00 bits per heavy atom. The molecule has 2 unspecified atom stereocenters.